The van der Waals surface area contributed by atoms with Crippen molar-refractivity contribution in [3.05, 3.63) is 42.2 Å². The molecule has 0 saturated heterocycles. The zero-order chi connectivity index (χ0) is 13.0. The molecule has 2 rings (SSSR count). The molecule has 0 amide bonds. The van der Waals surface area contributed by atoms with Crippen molar-refractivity contribution in [2.75, 3.05) is 12.4 Å². The molecule has 0 saturated carbocycles. The number of hydrogen-bond donors (Lipinski definition) is 3. The van der Waals surface area contributed by atoms with Crippen molar-refractivity contribution in [3.8, 4) is 0 Å². The van der Waals surface area contributed by atoms with Crippen molar-refractivity contribution >= 4 is 15.7 Å². The van der Waals surface area contributed by atoms with Gasteiger partial charge >= 0.3 is 0 Å². The lowest BCUT2D eigenvalue weighted by Gasteiger charge is -2.06. The molecule has 0 bridgehead atoms. The van der Waals surface area contributed by atoms with Gasteiger partial charge in [-0.1, -0.05) is 0 Å². The average molecular weight is 266 g/mol. The van der Waals surface area contributed by atoms with Crippen LogP contribution in [0.4, 0.5) is 5.69 Å². The lowest BCUT2D eigenvalue weighted by Crippen LogP contribution is -2.18. The van der Waals surface area contributed by atoms with E-state index >= 15 is 0 Å². The Labute approximate surface area is 105 Å². The summed E-state index contributed by atoms with van der Waals surface area (Å²) in [5.41, 5.74) is 1.81. The predicted octanol–water partition coefficient (Wildman–Crippen LogP) is 0.930. The van der Waals surface area contributed by atoms with Crippen molar-refractivity contribution < 1.29 is 8.42 Å². The minimum atomic E-state index is -3.37. The summed E-state index contributed by atoms with van der Waals surface area (Å²) in [6.45, 7) is 0.609. The van der Waals surface area contributed by atoms with Crippen LogP contribution in [0.2, 0.25) is 0 Å². The second kappa shape index (κ2) is 5.19. The summed E-state index contributed by atoms with van der Waals surface area (Å²) in [5, 5.41) is 9.83. The summed E-state index contributed by atoms with van der Waals surface area (Å²) in [4.78, 5) is 0.247. The van der Waals surface area contributed by atoms with Crippen LogP contribution in [0.1, 0.15) is 5.69 Å². The number of nitrogens with zero attached hydrogens (tertiary/aromatic N) is 1. The maximum Gasteiger partial charge on any atom is 0.240 e. The van der Waals surface area contributed by atoms with E-state index in [4.69, 9.17) is 0 Å². The number of sulfonamides is 1. The number of hydrogen-bond acceptors (Lipinski definition) is 4. The Morgan fingerprint density at radius 2 is 1.94 bits per heavy atom. The molecule has 3 N–H and O–H groups in total. The second-order valence-corrected chi connectivity index (χ2v) is 5.55. The smallest absolute Gasteiger partial charge is 0.240 e. The molecule has 0 aliphatic carbocycles. The molecular formula is C11H14N4O2S. The third-order valence-electron chi connectivity index (χ3n) is 2.47. The van der Waals surface area contributed by atoms with Gasteiger partial charge in [0, 0.05) is 11.9 Å². The maximum atomic E-state index is 11.5. The van der Waals surface area contributed by atoms with Crippen LogP contribution in [-0.2, 0) is 16.6 Å². The summed E-state index contributed by atoms with van der Waals surface area (Å²) in [6, 6.07) is 8.43. The van der Waals surface area contributed by atoms with E-state index in [0.717, 1.165) is 11.4 Å². The fraction of sp³-hybridized carbons (Fsp3) is 0.182. The Hall–Kier alpha value is -1.86. The molecule has 1 heterocycles. The van der Waals surface area contributed by atoms with E-state index < -0.39 is 10.0 Å². The first-order valence-corrected chi connectivity index (χ1v) is 6.86. The molecule has 2 aromatic rings. The van der Waals surface area contributed by atoms with E-state index in [2.05, 4.69) is 20.2 Å². The Morgan fingerprint density at radius 3 is 2.50 bits per heavy atom. The second-order valence-electron chi connectivity index (χ2n) is 3.67. The maximum absolute atomic E-state index is 11.5. The van der Waals surface area contributed by atoms with E-state index in [9.17, 15) is 8.42 Å². The largest absolute Gasteiger partial charge is 0.379 e. The molecule has 6 nitrogen and oxygen atoms in total. The van der Waals surface area contributed by atoms with Gasteiger partial charge in [-0.15, -0.1) is 0 Å². The van der Waals surface area contributed by atoms with Crippen molar-refractivity contribution in [1.29, 1.82) is 0 Å². The van der Waals surface area contributed by atoms with Crippen molar-refractivity contribution in [1.82, 2.24) is 14.9 Å². The van der Waals surface area contributed by atoms with Gasteiger partial charge in [0.25, 0.3) is 0 Å². The van der Waals surface area contributed by atoms with Crippen molar-refractivity contribution in [3.63, 3.8) is 0 Å². The summed E-state index contributed by atoms with van der Waals surface area (Å²) in [5.74, 6) is 0. The van der Waals surface area contributed by atoms with Gasteiger partial charge < -0.3 is 5.32 Å². The van der Waals surface area contributed by atoms with E-state index in [1.807, 2.05) is 6.07 Å². The van der Waals surface area contributed by atoms with Crippen molar-refractivity contribution in [2.45, 2.75) is 11.4 Å². The molecule has 1 aromatic heterocycles. The normalized spacial score (nSPS) is 11.4. The molecular weight excluding hydrogens is 252 g/mol. The zero-order valence-electron chi connectivity index (χ0n) is 9.84. The van der Waals surface area contributed by atoms with E-state index in [0.29, 0.717) is 6.54 Å². The molecule has 0 atom stereocenters. The molecule has 0 spiro atoms. The number of nitrogens with one attached hydrogen (secondary N) is 3. The molecule has 0 aliphatic heterocycles. The SMILES string of the molecule is CNS(=O)(=O)c1ccc(NCc2ccn[nH]2)cc1. The van der Waals surface area contributed by atoms with Crippen LogP contribution >= 0.6 is 0 Å². The summed E-state index contributed by atoms with van der Waals surface area (Å²) in [7, 11) is -1.98. The number of benzene rings is 1. The van der Waals surface area contributed by atoms with Gasteiger partial charge in [0.15, 0.2) is 0 Å². The Morgan fingerprint density at radius 1 is 1.22 bits per heavy atom. The van der Waals surface area contributed by atoms with Crippen molar-refractivity contribution in [2.24, 2.45) is 0 Å². The highest BCUT2D eigenvalue weighted by atomic mass is 32.2. The number of aromatic nitrogens is 2. The third kappa shape index (κ3) is 2.88. The highest BCUT2D eigenvalue weighted by molar-refractivity contribution is 7.89. The molecule has 96 valence electrons. The predicted molar refractivity (Wildman–Crippen MR) is 68.6 cm³/mol. The molecule has 1 aromatic carbocycles. The van der Waals surface area contributed by atoms with Crippen LogP contribution in [0, 0.1) is 0 Å². The fourth-order valence-corrected chi connectivity index (χ4v) is 2.18. The molecule has 0 unspecified atom stereocenters. The summed E-state index contributed by atoms with van der Waals surface area (Å²) in [6.07, 6.45) is 1.68. The topological polar surface area (TPSA) is 86.9 Å². The van der Waals surface area contributed by atoms with Crippen LogP contribution in [0.5, 0.6) is 0 Å². The molecule has 0 fully saturated rings. The zero-order valence-corrected chi connectivity index (χ0v) is 10.7. The quantitative estimate of drug-likeness (QED) is 0.751. The fourth-order valence-electron chi connectivity index (χ4n) is 1.45. The monoisotopic (exact) mass is 266 g/mol. The number of H-pyrrole nitrogens is 1. The molecule has 0 aliphatic rings. The van der Waals surface area contributed by atoms with Crippen LogP contribution < -0.4 is 10.0 Å². The average Bonchev–Trinajstić information content (AvgIpc) is 2.90. The van der Waals surface area contributed by atoms with Gasteiger partial charge in [0.2, 0.25) is 10.0 Å². The summed E-state index contributed by atoms with van der Waals surface area (Å²) >= 11 is 0. The minimum Gasteiger partial charge on any atom is -0.379 e. The van der Waals surface area contributed by atoms with Crippen LogP contribution in [0.3, 0.4) is 0 Å². The Bertz CT molecular complexity index is 590. The number of aromatic amines is 1. The standard InChI is InChI=1S/C11H14N4O2S/c1-12-18(16,17)11-4-2-9(3-5-11)13-8-10-6-7-14-15-10/h2-7,12-13H,8H2,1H3,(H,14,15). The minimum absolute atomic E-state index is 0.247. The lowest BCUT2D eigenvalue weighted by molar-refractivity contribution is 0.588. The first-order chi connectivity index (χ1) is 8.62. The molecule has 18 heavy (non-hydrogen) atoms. The highest BCUT2D eigenvalue weighted by Crippen LogP contribution is 2.14. The molecule has 7 heteroatoms. The number of rotatable bonds is 5. The van der Waals surface area contributed by atoms with Crippen LogP contribution in [0.25, 0.3) is 0 Å². The van der Waals surface area contributed by atoms with Crippen LogP contribution in [-0.4, -0.2) is 25.7 Å². The molecule has 0 radical (unpaired) electrons. The van der Waals surface area contributed by atoms with Gasteiger partial charge in [-0.3, -0.25) is 5.10 Å². The van der Waals surface area contributed by atoms with Gasteiger partial charge in [-0.05, 0) is 37.4 Å². The Balaban J connectivity index is 2.04. The highest BCUT2D eigenvalue weighted by Gasteiger charge is 2.10. The first kappa shape index (κ1) is 12.6. The van der Waals surface area contributed by atoms with E-state index in [1.165, 1.54) is 7.05 Å². The van der Waals surface area contributed by atoms with Gasteiger partial charge in [0.05, 0.1) is 17.1 Å². The summed E-state index contributed by atoms with van der Waals surface area (Å²) < 4.78 is 25.3. The lowest BCUT2D eigenvalue weighted by atomic mass is 10.3. The van der Waals surface area contributed by atoms with Gasteiger partial charge in [0.1, 0.15) is 0 Å². The van der Waals surface area contributed by atoms with E-state index in [-0.39, 0.29) is 4.90 Å². The van der Waals surface area contributed by atoms with Gasteiger partial charge in [-0.2, -0.15) is 5.10 Å². The Kier molecular flexibility index (Phi) is 3.63. The third-order valence-corrected chi connectivity index (χ3v) is 3.90. The van der Waals surface area contributed by atoms with Crippen LogP contribution in [0.15, 0.2) is 41.4 Å². The number of anilines is 1. The van der Waals surface area contributed by atoms with Gasteiger partial charge in [-0.25, -0.2) is 13.1 Å². The van der Waals surface area contributed by atoms with E-state index in [1.54, 1.807) is 30.5 Å². The first-order valence-electron chi connectivity index (χ1n) is 5.37.